The topological polar surface area (TPSA) is 112 Å². The predicted molar refractivity (Wildman–Crippen MR) is 74.7 cm³/mol. The van der Waals surface area contributed by atoms with Gasteiger partial charge in [0, 0.05) is 23.5 Å². The van der Waals surface area contributed by atoms with E-state index < -0.39 is 24.1 Å². The molecule has 1 fully saturated rings. The number of pyridine rings is 1. The Hall–Kier alpha value is -2.06. The lowest BCUT2D eigenvalue weighted by atomic mass is 10.1. The van der Waals surface area contributed by atoms with E-state index in [2.05, 4.69) is 14.9 Å². The van der Waals surface area contributed by atoms with Gasteiger partial charge in [0.2, 0.25) is 0 Å². The van der Waals surface area contributed by atoms with Gasteiger partial charge < -0.3 is 10.2 Å². The molecule has 1 aliphatic carbocycles. The lowest BCUT2D eigenvalue weighted by molar-refractivity contribution is -0.253. The smallest absolute Gasteiger partial charge is 0.306 e. The van der Waals surface area contributed by atoms with Crippen LogP contribution in [-0.2, 0) is 16.3 Å². The molecule has 22 heavy (non-hydrogen) atoms. The molecule has 0 amide bonds. The first-order chi connectivity index (χ1) is 10.4. The molecule has 3 atom stereocenters. The number of alkyl halides is 1. The number of halogens is 1. The number of aromatic nitrogens is 1. The summed E-state index contributed by atoms with van der Waals surface area (Å²) in [6.07, 6.45) is 1.41. The average molecular weight is 312 g/mol. The summed E-state index contributed by atoms with van der Waals surface area (Å²) in [5.74, 6) is -1.91. The summed E-state index contributed by atoms with van der Waals surface area (Å²) < 4.78 is 13.8. The van der Waals surface area contributed by atoms with E-state index in [1.165, 1.54) is 12.4 Å². The molecule has 0 aromatic carbocycles. The molecule has 1 aliphatic rings. The van der Waals surface area contributed by atoms with Gasteiger partial charge in [-0.25, -0.2) is 9.28 Å². The summed E-state index contributed by atoms with van der Waals surface area (Å²) in [4.78, 5) is 22.9. The number of carboxylic acids is 1. The highest BCUT2D eigenvalue weighted by Gasteiger charge is 2.37. The fourth-order valence-electron chi connectivity index (χ4n) is 2.47. The molecular weight excluding hydrogens is 295 g/mol. The number of aliphatic imine (C=N–C) groups is 1. The van der Waals surface area contributed by atoms with Crippen molar-refractivity contribution in [3.8, 4) is 5.75 Å². The van der Waals surface area contributed by atoms with Gasteiger partial charge in [0.15, 0.2) is 0 Å². The van der Waals surface area contributed by atoms with E-state index in [0.717, 1.165) is 0 Å². The fourth-order valence-corrected chi connectivity index (χ4v) is 2.47. The minimum absolute atomic E-state index is 0.0642. The Morgan fingerprint density at radius 1 is 1.59 bits per heavy atom. The Morgan fingerprint density at radius 2 is 2.32 bits per heavy atom. The summed E-state index contributed by atoms with van der Waals surface area (Å²) in [5.41, 5.74) is 1.01. The maximum Gasteiger partial charge on any atom is 0.306 e. The highest BCUT2D eigenvalue weighted by Crippen LogP contribution is 2.31. The summed E-state index contributed by atoms with van der Waals surface area (Å²) in [7, 11) is 0. The Bertz CT molecular complexity index is 593. The third-order valence-corrected chi connectivity index (χ3v) is 3.78. The maximum atomic E-state index is 13.8. The second-order valence-electron chi connectivity index (χ2n) is 5.27. The summed E-state index contributed by atoms with van der Waals surface area (Å²) >= 11 is 0. The average Bonchev–Trinajstić information content (AvgIpc) is 2.84. The molecule has 7 nitrogen and oxygen atoms in total. The van der Waals surface area contributed by atoms with Gasteiger partial charge in [0.05, 0.1) is 17.7 Å². The first-order valence-electron chi connectivity index (χ1n) is 6.77. The summed E-state index contributed by atoms with van der Waals surface area (Å²) in [6.45, 7) is 1.38. The molecule has 1 saturated carbocycles. The lowest BCUT2D eigenvalue weighted by Crippen LogP contribution is -2.12. The second-order valence-corrected chi connectivity index (χ2v) is 5.27. The van der Waals surface area contributed by atoms with Crippen LogP contribution in [0.15, 0.2) is 11.2 Å². The second kappa shape index (κ2) is 6.80. The SMILES string of the molecule is Cc1ncc(COO)c(C=N[C@H]2C[C@@H](C(=O)O)C[C@@H]2F)c1O. The third-order valence-electron chi connectivity index (χ3n) is 3.78. The fraction of sp³-hybridized carbons (Fsp3) is 0.500. The molecule has 0 spiro atoms. The van der Waals surface area contributed by atoms with Crippen molar-refractivity contribution in [1.29, 1.82) is 0 Å². The van der Waals surface area contributed by atoms with Crippen LogP contribution in [-0.4, -0.2) is 44.9 Å². The normalized spacial score (nSPS) is 25.0. The first kappa shape index (κ1) is 16.3. The lowest BCUT2D eigenvalue weighted by Gasteiger charge is -2.10. The van der Waals surface area contributed by atoms with Crippen molar-refractivity contribution in [3.05, 3.63) is 23.0 Å². The number of hydrogen-bond donors (Lipinski definition) is 3. The number of hydrogen-bond acceptors (Lipinski definition) is 6. The van der Waals surface area contributed by atoms with Crippen LogP contribution in [0.2, 0.25) is 0 Å². The molecule has 2 rings (SSSR count). The van der Waals surface area contributed by atoms with Crippen LogP contribution < -0.4 is 0 Å². The molecule has 0 saturated heterocycles. The number of aryl methyl sites for hydroxylation is 1. The van der Waals surface area contributed by atoms with Crippen LogP contribution in [0.1, 0.15) is 29.7 Å². The van der Waals surface area contributed by atoms with E-state index in [9.17, 15) is 14.3 Å². The number of aromatic hydroxyl groups is 1. The molecular formula is C14H17FN2O5. The van der Waals surface area contributed by atoms with Crippen LogP contribution in [0.25, 0.3) is 0 Å². The highest BCUT2D eigenvalue weighted by atomic mass is 19.1. The summed E-state index contributed by atoms with van der Waals surface area (Å²) in [5, 5.41) is 27.5. The van der Waals surface area contributed by atoms with Crippen LogP contribution in [0.3, 0.4) is 0 Å². The van der Waals surface area contributed by atoms with Crippen molar-refractivity contribution >= 4 is 12.2 Å². The molecule has 0 unspecified atom stereocenters. The Morgan fingerprint density at radius 3 is 2.91 bits per heavy atom. The van der Waals surface area contributed by atoms with E-state index in [4.69, 9.17) is 10.4 Å². The number of rotatable bonds is 5. The zero-order valence-corrected chi connectivity index (χ0v) is 11.9. The summed E-state index contributed by atoms with van der Waals surface area (Å²) in [6, 6.07) is -0.767. The minimum Gasteiger partial charge on any atom is -0.505 e. The zero-order chi connectivity index (χ0) is 16.3. The quantitative estimate of drug-likeness (QED) is 0.433. The number of carboxylic acid groups (broad SMARTS) is 1. The number of carbonyl (C=O) groups is 1. The molecule has 1 heterocycles. The molecule has 0 bridgehead atoms. The highest BCUT2D eigenvalue weighted by molar-refractivity contribution is 5.86. The van der Waals surface area contributed by atoms with Gasteiger partial charge in [0.1, 0.15) is 18.5 Å². The van der Waals surface area contributed by atoms with E-state index in [-0.39, 0.29) is 30.8 Å². The Balaban J connectivity index is 2.23. The van der Waals surface area contributed by atoms with Gasteiger partial charge in [-0.05, 0) is 19.8 Å². The molecule has 1 aromatic heterocycles. The largest absolute Gasteiger partial charge is 0.505 e. The molecule has 1 aromatic rings. The van der Waals surface area contributed by atoms with Gasteiger partial charge in [-0.2, -0.15) is 0 Å². The molecule has 3 N–H and O–H groups in total. The van der Waals surface area contributed by atoms with E-state index in [0.29, 0.717) is 11.3 Å². The maximum absolute atomic E-state index is 13.8. The third kappa shape index (κ3) is 3.40. The van der Waals surface area contributed by atoms with E-state index >= 15 is 0 Å². The van der Waals surface area contributed by atoms with Crippen LogP contribution in [0.4, 0.5) is 4.39 Å². The van der Waals surface area contributed by atoms with E-state index in [1.807, 2.05) is 0 Å². The monoisotopic (exact) mass is 312 g/mol. The number of aliphatic carboxylic acids is 1. The van der Waals surface area contributed by atoms with Crippen molar-refractivity contribution < 1.29 is 29.5 Å². The van der Waals surface area contributed by atoms with Crippen molar-refractivity contribution in [2.24, 2.45) is 10.9 Å². The minimum atomic E-state index is -1.33. The van der Waals surface area contributed by atoms with Gasteiger partial charge >= 0.3 is 5.97 Å². The molecule has 0 radical (unpaired) electrons. The van der Waals surface area contributed by atoms with Crippen LogP contribution in [0.5, 0.6) is 5.75 Å². The van der Waals surface area contributed by atoms with Crippen molar-refractivity contribution in [2.75, 3.05) is 0 Å². The van der Waals surface area contributed by atoms with Gasteiger partial charge in [-0.1, -0.05) is 0 Å². The van der Waals surface area contributed by atoms with Crippen molar-refractivity contribution in [2.45, 2.75) is 38.6 Å². The predicted octanol–water partition coefficient (Wildman–Crippen LogP) is 1.71. The van der Waals surface area contributed by atoms with E-state index in [1.54, 1.807) is 6.92 Å². The first-order valence-corrected chi connectivity index (χ1v) is 6.77. The number of nitrogens with zero attached hydrogens (tertiary/aromatic N) is 2. The molecule has 0 aliphatic heterocycles. The Kier molecular flexibility index (Phi) is 5.04. The van der Waals surface area contributed by atoms with Crippen LogP contribution in [0, 0.1) is 12.8 Å². The van der Waals surface area contributed by atoms with Crippen LogP contribution >= 0.6 is 0 Å². The zero-order valence-electron chi connectivity index (χ0n) is 11.9. The van der Waals surface area contributed by atoms with Crippen molar-refractivity contribution in [3.63, 3.8) is 0 Å². The van der Waals surface area contributed by atoms with Gasteiger partial charge in [-0.15, -0.1) is 0 Å². The van der Waals surface area contributed by atoms with Gasteiger partial charge in [0.25, 0.3) is 0 Å². The molecule has 120 valence electrons. The molecule has 8 heteroatoms. The Labute approximate surface area is 126 Å². The standard InChI is InChI=1S/C14H17FN2O5/c1-7-13(18)10(9(4-16-7)6-22-21)5-17-12-3-8(14(19)20)2-11(12)15/h4-5,8,11-12,18,21H,2-3,6H2,1H3,(H,19,20)/t8-,11-,12-/m0/s1. The van der Waals surface area contributed by atoms with Gasteiger partial charge in [-0.3, -0.25) is 20.0 Å². The van der Waals surface area contributed by atoms with Crippen molar-refractivity contribution in [1.82, 2.24) is 4.98 Å².